The second-order valence-electron chi connectivity index (χ2n) is 23.8. The van der Waals surface area contributed by atoms with Crippen LogP contribution in [0.3, 0.4) is 0 Å². The summed E-state index contributed by atoms with van der Waals surface area (Å²) in [6.45, 7) is 30.8. The van der Waals surface area contributed by atoms with E-state index in [9.17, 15) is 0 Å². The maximum Gasteiger partial charge on any atom is 0.215 e. The van der Waals surface area contributed by atoms with E-state index < -0.39 is 0 Å². The summed E-state index contributed by atoms with van der Waals surface area (Å²) in [5.41, 5.74) is 32.9. The van der Waals surface area contributed by atoms with Gasteiger partial charge in [0.1, 0.15) is 28.2 Å². The monoisotopic (exact) mass is 1040 g/mol. The Bertz CT molecular complexity index is 3350. The fourth-order valence-corrected chi connectivity index (χ4v) is 12.9. The summed E-state index contributed by atoms with van der Waals surface area (Å²) in [4.78, 5) is 0. The zero-order valence-electron chi connectivity index (χ0n) is 51.6. The van der Waals surface area contributed by atoms with Gasteiger partial charge in [0.05, 0.1) is 0 Å². The SMILES string of the molecule is CCc1ccc(-c2c(C)c(C)cc[n+]2C)c(C)c1.Cc1cc(C)c(-c2ccc(C3CCCC3)cc2C)[n+](C)c1.Cc1cc(C)c(-c2ccc(C3CCCCC3)cc2C)[n+](C)c1.Cc1ccc(-c2c(C)c(C)cc[n+]2C)c(C)c1. The fraction of sp³-hybridized carbons (Fsp3) is 0.405. The molecule has 4 heteroatoms. The molecule has 78 heavy (non-hydrogen) atoms. The molecule has 4 aromatic carbocycles. The molecule has 0 atom stereocenters. The number of hydrogen-bond acceptors (Lipinski definition) is 0. The van der Waals surface area contributed by atoms with E-state index >= 15 is 0 Å². The molecule has 2 saturated carbocycles. The lowest BCUT2D eigenvalue weighted by molar-refractivity contribution is -0.661. The molecule has 0 saturated heterocycles. The van der Waals surface area contributed by atoms with Crippen molar-refractivity contribution < 1.29 is 18.3 Å². The quantitative estimate of drug-likeness (QED) is 0.141. The van der Waals surface area contributed by atoms with Crippen molar-refractivity contribution in [3.63, 3.8) is 0 Å². The van der Waals surface area contributed by atoms with Crippen molar-refractivity contribution in [2.45, 2.75) is 173 Å². The standard InChI is InChI=1S/C21H28N.C20H26N.C17H22N.C16H20N/c1-15-12-17(3)21(22(4)14-15)20-11-10-19(13-16(20)2)18-8-6-5-7-9-18;1-14-11-16(3)20(21(4)13-14)19-10-9-18(12-15(19)2)17-7-5-6-8-17;1-6-15-7-8-16(13(3)11-15)17-14(4)12(2)9-10-18(17)5;1-11-6-7-15(13(3)10-11)16-14(4)12(2)8-9-17(16)5/h10-14,18H,5-9H2,1-4H3;9-13,17H,5-8H2,1-4H3;7-11H,6H2,1-5H3;6-10H,1-5H3/q4*+1. The number of nitrogens with zero attached hydrogens (tertiary/aromatic N) is 4. The first kappa shape index (κ1) is 59.1. The van der Waals surface area contributed by atoms with Crippen molar-refractivity contribution in [3.05, 3.63) is 211 Å². The van der Waals surface area contributed by atoms with E-state index in [4.69, 9.17) is 0 Å². The van der Waals surface area contributed by atoms with Gasteiger partial charge >= 0.3 is 0 Å². The summed E-state index contributed by atoms with van der Waals surface area (Å²) >= 11 is 0. The van der Waals surface area contributed by atoms with Gasteiger partial charge in [0.15, 0.2) is 24.8 Å². The normalized spacial score (nSPS) is 13.5. The zero-order valence-corrected chi connectivity index (χ0v) is 51.6. The summed E-state index contributed by atoms with van der Waals surface area (Å²) < 4.78 is 8.96. The number of hydrogen-bond donors (Lipinski definition) is 0. The first-order chi connectivity index (χ1) is 37.2. The van der Waals surface area contributed by atoms with Gasteiger partial charge in [0.25, 0.3) is 0 Å². The highest BCUT2D eigenvalue weighted by molar-refractivity contribution is 5.68. The van der Waals surface area contributed by atoms with Crippen molar-refractivity contribution >= 4 is 0 Å². The van der Waals surface area contributed by atoms with E-state index in [2.05, 4.69) is 265 Å². The Labute approximate surface area is 473 Å². The Balaban J connectivity index is 0.000000152. The predicted molar refractivity (Wildman–Crippen MR) is 330 cm³/mol. The Morgan fingerprint density at radius 1 is 0.333 bits per heavy atom. The van der Waals surface area contributed by atoms with Gasteiger partial charge in [-0.15, -0.1) is 0 Å². The molecule has 0 aliphatic heterocycles. The van der Waals surface area contributed by atoms with Gasteiger partial charge in [0, 0.05) is 67.8 Å². The number of pyridine rings is 4. The average Bonchev–Trinajstić information content (AvgIpc) is 3.95. The Kier molecular flexibility index (Phi) is 20.0. The van der Waals surface area contributed by atoms with E-state index in [1.54, 1.807) is 11.1 Å². The molecule has 0 unspecified atom stereocenters. The van der Waals surface area contributed by atoms with Crippen LogP contribution < -0.4 is 18.3 Å². The first-order valence-corrected chi connectivity index (χ1v) is 29.4. The minimum Gasteiger partial charge on any atom is -0.201 e. The van der Waals surface area contributed by atoms with Crippen molar-refractivity contribution in [2.75, 3.05) is 0 Å². The predicted octanol–water partition coefficient (Wildman–Crippen LogP) is 17.0. The summed E-state index contributed by atoms with van der Waals surface area (Å²) in [6, 6.07) is 36.6. The van der Waals surface area contributed by atoms with E-state index in [1.165, 1.54) is 181 Å². The van der Waals surface area contributed by atoms with Gasteiger partial charge in [-0.1, -0.05) is 93.1 Å². The summed E-state index contributed by atoms with van der Waals surface area (Å²) in [6.07, 6.45) is 22.3. The molecule has 0 amide bonds. The number of rotatable bonds is 7. The topological polar surface area (TPSA) is 15.5 Å². The van der Waals surface area contributed by atoms with Gasteiger partial charge in [-0.3, -0.25) is 0 Å². The van der Waals surface area contributed by atoms with Crippen LogP contribution in [-0.2, 0) is 34.6 Å². The van der Waals surface area contributed by atoms with E-state index in [0.717, 1.165) is 18.3 Å². The van der Waals surface area contributed by atoms with Gasteiger partial charge in [-0.25, -0.2) is 18.3 Å². The molecular weight excluding hydrogens is 945 g/mol. The smallest absolute Gasteiger partial charge is 0.201 e. The second kappa shape index (κ2) is 26.4. The van der Waals surface area contributed by atoms with Gasteiger partial charge in [0.2, 0.25) is 22.8 Å². The highest BCUT2D eigenvalue weighted by Crippen LogP contribution is 2.37. The van der Waals surface area contributed by atoms with E-state index in [-0.39, 0.29) is 0 Å². The summed E-state index contributed by atoms with van der Waals surface area (Å²) in [5.74, 6) is 1.58. The van der Waals surface area contributed by atoms with Crippen LogP contribution in [0.15, 0.2) is 122 Å². The molecule has 0 radical (unpaired) electrons. The molecule has 2 aliphatic rings. The number of benzene rings is 4. The van der Waals surface area contributed by atoms with Crippen molar-refractivity contribution in [2.24, 2.45) is 28.2 Å². The van der Waals surface area contributed by atoms with Gasteiger partial charge in [-0.05, 0) is 220 Å². The molecule has 2 fully saturated rings. The Morgan fingerprint density at radius 2 is 0.692 bits per heavy atom. The molecule has 0 spiro atoms. The second-order valence-corrected chi connectivity index (χ2v) is 23.8. The maximum absolute atomic E-state index is 2.44. The van der Waals surface area contributed by atoms with Gasteiger partial charge < -0.3 is 0 Å². The van der Waals surface area contributed by atoms with Crippen LogP contribution in [0.2, 0.25) is 0 Å². The lowest BCUT2D eigenvalue weighted by Gasteiger charge is -2.22. The molecule has 4 nitrogen and oxygen atoms in total. The third-order valence-corrected chi connectivity index (χ3v) is 17.3. The molecule has 4 aromatic heterocycles. The lowest BCUT2D eigenvalue weighted by Crippen LogP contribution is -2.32. The first-order valence-electron chi connectivity index (χ1n) is 29.4. The Hall–Kier alpha value is -6.52. The summed E-state index contributed by atoms with van der Waals surface area (Å²) in [7, 11) is 8.54. The Morgan fingerprint density at radius 3 is 1.08 bits per heavy atom. The number of aromatic nitrogens is 4. The summed E-state index contributed by atoms with van der Waals surface area (Å²) in [5, 5.41) is 0. The van der Waals surface area contributed by atoms with Crippen LogP contribution in [0.5, 0.6) is 0 Å². The lowest BCUT2D eigenvalue weighted by atomic mass is 9.83. The largest absolute Gasteiger partial charge is 0.215 e. The third kappa shape index (κ3) is 14.0. The fourth-order valence-electron chi connectivity index (χ4n) is 12.9. The molecule has 408 valence electrons. The molecule has 0 bridgehead atoms. The van der Waals surface area contributed by atoms with E-state index in [0.29, 0.717) is 0 Å². The average molecular weight is 1040 g/mol. The van der Waals surface area contributed by atoms with Crippen LogP contribution in [0.1, 0.15) is 166 Å². The maximum atomic E-state index is 2.44. The zero-order chi connectivity index (χ0) is 56.5. The van der Waals surface area contributed by atoms with Crippen molar-refractivity contribution in [1.29, 1.82) is 0 Å². The van der Waals surface area contributed by atoms with Gasteiger partial charge in [-0.2, -0.15) is 0 Å². The molecule has 0 N–H and O–H groups in total. The minimum absolute atomic E-state index is 0.786. The van der Waals surface area contributed by atoms with Crippen molar-refractivity contribution in [3.8, 4) is 45.0 Å². The van der Waals surface area contributed by atoms with Crippen molar-refractivity contribution in [1.82, 2.24) is 0 Å². The molecular formula is C74H96N4+4. The van der Waals surface area contributed by atoms with Crippen LogP contribution in [-0.4, -0.2) is 0 Å². The third-order valence-electron chi connectivity index (χ3n) is 17.3. The molecule has 8 aromatic rings. The highest BCUT2D eigenvalue weighted by Gasteiger charge is 2.23. The molecule has 10 rings (SSSR count). The van der Waals surface area contributed by atoms with E-state index in [1.807, 2.05) is 0 Å². The minimum atomic E-state index is 0.786. The van der Waals surface area contributed by atoms with Crippen LogP contribution in [0.25, 0.3) is 45.0 Å². The molecule has 2 aliphatic carbocycles. The highest BCUT2D eigenvalue weighted by atomic mass is 14.9. The molecule has 4 heterocycles. The number of aryl methyl sites for hydroxylation is 16. The van der Waals surface area contributed by atoms with Crippen LogP contribution >= 0.6 is 0 Å². The van der Waals surface area contributed by atoms with Crippen LogP contribution in [0, 0.1) is 90.0 Å². The van der Waals surface area contributed by atoms with Crippen LogP contribution in [0.4, 0.5) is 0 Å².